The zero-order valence-corrected chi connectivity index (χ0v) is 33.5. The van der Waals surface area contributed by atoms with E-state index >= 15 is 0 Å². The molecule has 0 bridgehead atoms. The van der Waals surface area contributed by atoms with E-state index in [0.29, 0.717) is 5.84 Å². The summed E-state index contributed by atoms with van der Waals surface area (Å²) in [6.07, 6.45) is -0.393. The van der Waals surface area contributed by atoms with Crippen molar-refractivity contribution in [1.29, 1.82) is 0 Å². The summed E-state index contributed by atoms with van der Waals surface area (Å²) in [5.74, 6) is 1.37. The molecule has 13 rings (SSSR count). The lowest BCUT2D eigenvalue weighted by Gasteiger charge is -2.24. The lowest BCUT2D eigenvalue weighted by Crippen LogP contribution is -2.33. The smallest absolute Gasteiger partial charge is 0.163 e. The van der Waals surface area contributed by atoms with Crippen LogP contribution in [0, 0.1) is 0 Å². The maximum atomic E-state index is 6.93. The molecule has 1 unspecified atom stereocenters. The number of aliphatic imine (C=N–C) groups is 2. The van der Waals surface area contributed by atoms with Crippen LogP contribution < -0.4 is 5.32 Å². The topological polar surface area (TPSA) is 54.8 Å². The SMILES string of the molecule is c1ccc(-c2ccc(C3=NC(c4ccc(-n5c6ccccc6c6cc7ccccc7cc65)c5c4oc4ccccc45)=NC(c4ccc5c(c4)sc4ccccc45)N3)cc2)cc1. The molecule has 12 aromatic rings. The van der Waals surface area contributed by atoms with E-state index in [-0.39, 0.29) is 0 Å². The van der Waals surface area contributed by atoms with E-state index in [1.807, 2.05) is 23.5 Å². The Morgan fingerprint density at radius 1 is 0.508 bits per heavy atom. The Labute approximate surface area is 354 Å². The number of benzene rings is 9. The van der Waals surface area contributed by atoms with E-state index in [0.717, 1.165) is 66.7 Å². The first kappa shape index (κ1) is 34.1. The molecule has 0 saturated heterocycles. The standard InChI is InChI=1S/C55H34N4OS/c1-2-12-33(13-3-1)34-22-24-35(25-23-34)53-56-54(38-26-27-41-40-17-8-11-21-49(40)61-50(41)32-38)58-55(57-53)43-28-29-46(51-42-18-7-10-20-48(42)60-52(43)51)59-45-19-9-6-16-39(45)44-30-36-14-4-5-15-37(36)31-47(44)59/h1-32,54H,(H,56,57,58). The van der Waals surface area contributed by atoms with Crippen LogP contribution in [-0.4, -0.2) is 16.2 Å². The van der Waals surface area contributed by atoms with E-state index in [9.17, 15) is 0 Å². The molecule has 5 nitrogen and oxygen atoms in total. The van der Waals surface area contributed by atoms with E-state index in [4.69, 9.17) is 14.4 Å². The van der Waals surface area contributed by atoms with Gasteiger partial charge in [-0.2, -0.15) is 0 Å². The van der Waals surface area contributed by atoms with Gasteiger partial charge in [0.05, 0.1) is 27.7 Å². The number of rotatable bonds is 5. The van der Waals surface area contributed by atoms with E-state index in [1.54, 1.807) is 0 Å². The Balaban J connectivity index is 1.03. The summed E-state index contributed by atoms with van der Waals surface area (Å²) < 4.78 is 11.8. The second-order valence-electron chi connectivity index (χ2n) is 15.8. The molecule has 0 amide bonds. The first-order valence-corrected chi connectivity index (χ1v) is 21.4. The van der Waals surface area contributed by atoms with Gasteiger partial charge in [-0.05, 0) is 76.0 Å². The van der Waals surface area contributed by atoms with Crippen molar-refractivity contribution in [3.05, 3.63) is 211 Å². The fourth-order valence-electron chi connectivity index (χ4n) is 9.34. The molecule has 0 spiro atoms. The summed E-state index contributed by atoms with van der Waals surface area (Å²) in [6.45, 7) is 0. The van der Waals surface area contributed by atoms with Crippen LogP contribution in [0.3, 0.4) is 0 Å². The summed E-state index contributed by atoms with van der Waals surface area (Å²) in [6, 6.07) is 69.1. The minimum absolute atomic E-state index is 0.393. The van der Waals surface area contributed by atoms with Crippen molar-refractivity contribution in [1.82, 2.24) is 9.88 Å². The van der Waals surface area contributed by atoms with Crippen molar-refractivity contribution in [2.24, 2.45) is 9.98 Å². The summed E-state index contributed by atoms with van der Waals surface area (Å²) in [5.41, 5.74) is 10.1. The van der Waals surface area contributed by atoms with Gasteiger partial charge in [0.1, 0.15) is 23.2 Å². The maximum Gasteiger partial charge on any atom is 0.163 e. The van der Waals surface area contributed by atoms with Gasteiger partial charge >= 0.3 is 0 Å². The highest BCUT2D eigenvalue weighted by Gasteiger charge is 2.27. The molecular formula is C55H34N4OS. The van der Waals surface area contributed by atoms with Gasteiger partial charge in [-0.15, -0.1) is 11.3 Å². The third-order valence-corrected chi connectivity index (χ3v) is 13.4. The number of thiophene rings is 1. The van der Waals surface area contributed by atoms with Crippen molar-refractivity contribution in [2.45, 2.75) is 6.17 Å². The molecule has 0 aliphatic carbocycles. The number of furan rings is 1. The molecule has 1 aliphatic heterocycles. The normalized spacial score (nSPS) is 14.4. The molecule has 0 fully saturated rings. The Morgan fingerprint density at radius 2 is 1.20 bits per heavy atom. The molecule has 3 aromatic heterocycles. The lowest BCUT2D eigenvalue weighted by molar-refractivity contribution is 0.663. The van der Waals surface area contributed by atoms with Crippen LogP contribution >= 0.6 is 11.3 Å². The number of para-hydroxylation sites is 2. The third-order valence-electron chi connectivity index (χ3n) is 12.3. The number of nitrogens with zero attached hydrogens (tertiary/aromatic N) is 3. The van der Waals surface area contributed by atoms with Gasteiger partial charge in [0.2, 0.25) is 0 Å². The first-order chi connectivity index (χ1) is 30.2. The molecular weight excluding hydrogens is 765 g/mol. The Hall–Kier alpha value is -7.80. The molecule has 286 valence electrons. The molecule has 0 saturated carbocycles. The second-order valence-corrected chi connectivity index (χ2v) is 16.8. The van der Waals surface area contributed by atoms with Gasteiger partial charge in [-0.25, -0.2) is 9.98 Å². The summed E-state index contributed by atoms with van der Waals surface area (Å²) in [4.78, 5) is 10.8. The fraction of sp³-hybridized carbons (Fsp3) is 0.0182. The molecule has 6 heteroatoms. The molecule has 9 aromatic carbocycles. The summed E-state index contributed by atoms with van der Waals surface area (Å²) in [7, 11) is 0. The number of amidine groups is 2. The average molecular weight is 799 g/mol. The summed E-state index contributed by atoms with van der Waals surface area (Å²) >= 11 is 1.82. The van der Waals surface area contributed by atoms with E-state index < -0.39 is 6.17 Å². The molecule has 1 atom stereocenters. The number of aromatic nitrogens is 1. The third kappa shape index (κ3) is 5.39. The highest BCUT2D eigenvalue weighted by atomic mass is 32.1. The Kier molecular flexibility index (Phi) is 7.47. The quantitative estimate of drug-likeness (QED) is 0.189. The van der Waals surface area contributed by atoms with Gasteiger partial charge in [0, 0.05) is 41.9 Å². The number of hydrogen-bond donors (Lipinski definition) is 1. The van der Waals surface area contributed by atoms with Crippen LogP contribution in [-0.2, 0) is 0 Å². The van der Waals surface area contributed by atoms with Crippen LogP contribution in [0.4, 0.5) is 0 Å². The molecule has 0 radical (unpaired) electrons. The fourth-order valence-corrected chi connectivity index (χ4v) is 10.5. The zero-order valence-electron chi connectivity index (χ0n) is 32.7. The lowest BCUT2D eigenvalue weighted by atomic mass is 10.0. The summed E-state index contributed by atoms with van der Waals surface area (Å²) in [5, 5.41) is 13.2. The number of nitrogens with one attached hydrogen (secondary N) is 1. The van der Waals surface area contributed by atoms with E-state index in [1.165, 1.54) is 47.3 Å². The Bertz CT molecular complexity index is 3800. The van der Waals surface area contributed by atoms with Crippen molar-refractivity contribution in [2.75, 3.05) is 0 Å². The average Bonchev–Trinajstić information content (AvgIpc) is 4.00. The van der Waals surface area contributed by atoms with Gasteiger partial charge in [-0.1, -0.05) is 146 Å². The molecule has 1 N–H and O–H groups in total. The van der Waals surface area contributed by atoms with Gasteiger partial charge < -0.3 is 14.3 Å². The highest BCUT2D eigenvalue weighted by Crippen LogP contribution is 2.42. The van der Waals surface area contributed by atoms with Gasteiger partial charge in [0.25, 0.3) is 0 Å². The number of hydrogen-bond acceptors (Lipinski definition) is 5. The largest absolute Gasteiger partial charge is 0.455 e. The molecule has 4 heterocycles. The monoisotopic (exact) mass is 798 g/mol. The van der Waals surface area contributed by atoms with Crippen LogP contribution in [0.2, 0.25) is 0 Å². The second kappa shape index (κ2) is 13.4. The van der Waals surface area contributed by atoms with Crippen molar-refractivity contribution in [3.8, 4) is 16.8 Å². The Morgan fingerprint density at radius 3 is 2.07 bits per heavy atom. The van der Waals surface area contributed by atoms with Crippen molar-refractivity contribution in [3.63, 3.8) is 0 Å². The first-order valence-electron chi connectivity index (χ1n) is 20.6. The van der Waals surface area contributed by atoms with Crippen LogP contribution in [0.1, 0.15) is 22.9 Å². The zero-order chi connectivity index (χ0) is 40.0. The highest BCUT2D eigenvalue weighted by molar-refractivity contribution is 7.25. The van der Waals surface area contributed by atoms with Gasteiger partial charge in [-0.3, -0.25) is 0 Å². The predicted octanol–water partition coefficient (Wildman–Crippen LogP) is 14.4. The van der Waals surface area contributed by atoms with Crippen molar-refractivity contribution < 1.29 is 4.42 Å². The molecule has 1 aliphatic rings. The van der Waals surface area contributed by atoms with Crippen LogP contribution in [0.15, 0.2) is 209 Å². The minimum Gasteiger partial charge on any atom is -0.455 e. The molecule has 61 heavy (non-hydrogen) atoms. The van der Waals surface area contributed by atoms with Gasteiger partial charge in [0.15, 0.2) is 5.84 Å². The van der Waals surface area contributed by atoms with E-state index in [2.05, 4.69) is 192 Å². The van der Waals surface area contributed by atoms with Crippen LogP contribution in [0.5, 0.6) is 0 Å². The maximum absolute atomic E-state index is 6.93. The van der Waals surface area contributed by atoms with Crippen molar-refractivity contribution >= 4 is 97.7 Å². The predicted molar refractivity (Wildman–Crippen MR) is 256 cm³/mol. The minimum atomic E-state index is -0.393. The number of fused-ring (bicyclic) bond motifs is 10. The van der Waals surface area contributed by atoms with Crippen LogP contribution in [0.25, 0.3) is 91.5 Å².